The third kappa shape index (κ3) is 2.22. The predicted octanol–water partition coefficient (Wildman–Crippen LogP) is 2.61. The molecule has 1 aliphatic rings. The Morgan fingerprint density at radius 3 is 2.50 bits per heavy atom. The first-order chi connectivity index (χ1) is 9.51. The zero-order valence-electron chi connectivity index (χ0n) is 11.6. The van der Waals surface area contributed by atoms with Crippen molar-refractivity contribution in [3.8, 4) is 0 Å². The van der Waals surface area contributed by atoms with Crippen molar-refractivity contribution in [2.75, 3.05) is 7.11 Å². The molecule has 4 heteroatoms. The smallest absolute Gasteiger partial charge is 0.311 e. The van der Waals surface area contributed by atoms with Gasteiger partial charge in [0.25, 0.3) is 0 Å². The van der Waals surface area contributed by atoms with Crippen molar-refractivity contribution in [3.05, 3.63) is 48.0 Å². The van der Waals surface area contributed by atoms with E-state index in [0.29, 0.717) is 6.42 Å². The maximum atomic E-state index is 11.9. The highest BCUT2D eigenvalue weighted by Gasteiger charge is 2.52. The molecule has 3 atom stereocenters. The van der Waals surface area contributed by atoms with Crippen molar-refractivity contribution in [2.45, 2.75) is 19.3 Å². The van der Waals surface area contributed by atoms with Crippen LogP contribution in [0.2, 0.25) is 0 Å². The van der Waals surface area contributed by atoms with Crippen LogP contribution in [0.5, 0.6) is 0 Å². The molecule has 1 N–H and O–H groups in total. The Hall–Kier alpha value is -2.10. The average Bonchev–Trinajstić information content (AvgIpc) is 2.47. The number of aliphatic carboxylic acids is 1. The minimum atomic E-state index is -1.21. The van der Waals surface area contributed by atoms with Gasteiger partial charge >= 0.3 is 11.9 Å². The molecular formula is C16H18O4. The number of allylic oxidation sites excluding steroid dienone is 2. The van der Waals surface area contributed by atoms with Gasteiger partial charge in [-0.1, -0.05) is 42.5 Å². The van der Waals surface area contributed by atoms with Crippen LogP contribution in [0.25, 0.3) is 0 Å². The van der Waals surface area contributed by atoms with Crippen molar-refractivity contribution in [1.82, 2.24) is 0 Å². The molecule has 0 aromatic heterocycles. The number of methoxy groups -OCH3 is 1. The van der Waals surface area contributed by atoms with Crippen LogP contribution in [0.15, 0.2) is 42.5 Å². The summed E-state index contributed by atoms with van der Waals surface area (Å²) >= 11 is 0. The summed E-state index contributed by atoms with van der Waals surface area (Å²) in [5.74, 6) is -2.48. The maximum absolute atomic E-state index is 11.9. The summed E-state index contributed by atoms with van der Waals surface area (Å²) in [6.45, 7) is 1.62. The lowest BCUT2D eigenvalue weighted by Gasteiger charge is -2.40. The summed E-state index contributed by atoms with van der Waals surface area (Å²) in [7, 11) is 1.29. The molecule has 20 heavy (non-hydrogen) atoms. The quantitative estimate of drug-likeness (QED) is 0.679. The Kier molecular flexibility index (Phi) is 3.93. The number of rotatable bonds is 3. The van der Waals surface area contributed by atoms with Crippen molar-refractivity contribution >= 4 is 11.9 Å². The van der Waals surface area contributed by atoms with E-state index in [0.717, 1.165) is 5.56 Å². The van der Waals surface area contributed by atoms with E-state index < -0.39 is 23.3 Å². The second-order valence-corrected chi connectivity index (χ2v) is 5.22. The summed E-state index contributed by atoms with van der Waals surface area (Å²) in [6, 6.07) is 9.39. The summed E-state index contributed by atoms with van der Waals surface area (Å²) in [5, 5.41) is 9.70. The molecule has 2 rings (SSSR count). The molecule has 0 saturated carbocycles. The van der Waals surface area contributed by atoms with Gasteiger partial charge in [0, 0.05) is 5.92 Å². The lowest BCUT2D eigenvalue weighted by atomic mass is 9.61. The molecule has 0 amide bonds. The first-order valence-corrected chi connectivity index (χ1v) is 6.54. The molecule has 1 aromatic carbocycles. The highest BCUT2D eigenvalue weighted by atomic mass is 16.5. The van der Waals surface area contributed by atoms with Gasteiger partial charge in [-0.3, -0.25) is 9.59 Å². The van der Waals surface area contributed by atoms with Gasteiger partial charge in [0.15, 0.2) is 0 Å². The van der Waals surface area contributed by atoms with E-state index in [1.165, 1.54) is 7.11 Å². The monoisotopic (exact) mass is 274 g/mol. The van der Waals surface area contributed by atoms with Crippen LogP contribution < -0.4 is 0 Å². The molecule has 0 unspecified atom stereocenters. The molecule has 1 aliphatic carbocycles. The lowest BCUT2D eigenvalue weighted by Crippen LogP contribution is -2.46. The molecule has 4 nitrogen and oxygen atoms in total. The van der Waals surface area contributed by atoms with Gasteiger partial charge in [0.2, 0.25) is 0 Å². The number of hydrogen-bond acceptors (Lipinski definition) is 3. The van der Waals surface area contributed by atoms with Gasteiger partial charge in [-0.25, -0.2) is 0 Å². The van der Waals surface area contributed by atoms with Crippen LogP contribution in [-0.4, -0.2) is 24.2 Å². The molecule has 106 valence electrons. The Balaban J connectivity index is 2.51. The highest BCUT2D eigenvalue weighted by molar-refractivity contribution is 5.86. The van der Waals surface area contributed by atoms with Crippen molar-refractivity contribution in [3.63, 3.8) is 0 Å². The predicted molar refractivity (Wildman–Crippen MR) is 74.2 cm³/mol. The average molecular weight is 274 g/mol. The SMILES string of the molecule is COC(=O)[C@@H]1CC=C[C@H](c2ccccc2)[C@]1(C)C(=O)O. The van der Waals surface area contributed by atoms with Crippen LogP contribution in [0.4, 0.5) is 0 Å². The van der Waals surface area contributed by atoms with E-state index in [-0.39, 0.29) is 5.92 Å². The van der Waals surface area contributed by atoms with E-state index in [2.05, 4.69) is 0 Å². The molecule has 0 spiro atoms. The zero-order valence-corrected chi connectivity index (χ0v) is 11.6. The second kappa shape index (κ2) is 5.49. The lowest BCUT2D eigenvalue weighted by molar-refractivity contribution is -0.164. The number of ether oxygens (including phenoxy) is 1. The maximum Gasteiger partial charge on any atom is 0.311 e. The fourth-order valence-corrected chi connectivity index (χ4v) is 2.90. The summed E-state index contributed by atoms with van der Waals surface area (Å²) < 4.78 is 4.78. The largest absolute Gasteiger partial charge is 0.481 e. The number of esters is 1. The third-order valence-electron chi connectivity index (χ3n) is 4.18. The first kappa shape index (κ1) is 14.3. The number of benzene rings is 1. The Labute approximate surface area is 118 Å². The highest BCUT2D eigenvalue weighted by Crippen LogP contribution is 2.48. The fourth-order valence-electron chi connectivity index (χ4n) is 2.90. The van der Waals surface area contributed by atoms with Gasteiger partial charge < -0.3 is 9.84 Å². The van der Waals surface area contributed by atoms with Gasteiger partial charge in [-0.15, -0.1) is 0 Å². The zero-order chi connectivity index (χ0) is 14.8. The number of carboxylic acids is 1. The summed E-state index contributed by atoms with van der Waals surface area (Å²) in [4.78, 5) is 23.8. The molecule has 0 aliphatic heterocycles. The molecule has 0 fully saturated rings. The Morgan fingerprint density at radius 1 is 1.30 bits per heavy atom. The molecule has 0 heterocycles. The van der Waals surface area contributed by atoms with E-state index >= 15 is 0 Å². The number of carbonyl (C=O) groups excluding carboxylic acids is 1. The second-order valence-electron chi connectivity index (χ2n) is 5.22. The first-order valence-electron chi connectivity index (χ1n) is 6.54. The number of carboxylic acid groups (broad SMARTS) is 1. The number of carbonyl (C=O) groups is 2. The third-order valence-corrected chi connectivity index (χ3v) is 4.18. The fraction of sp³-hybridized carbons (Fsp3) is 0.375. The molecule has 1 aromatic rings. The Morgan fingerprint density at radius 2 is 1.95 bits per heavy atom. The van der Waals surface area contributed by atoms with Crippen LogP contribution >= 0.6 is 0 Å². The van der Waals surface area contributed by atoms with Crippen molar-refractivity contribution in [1.29, 1.82) is 0 Å². The topological polar surface area (TPSA) is 63.6 Å². The van der Waals surface area contributed by atoms with Gasteiger partial charge in [-0.05, 0) is 18.9 Å². The van der Waals surface area contributed by atoms with E-state index in [1.54, 1.807) is 6.92 Å². The minimum Gasteiger partial charge on any atom is -0.481 e. The van der Waals surface area contributed by atoms with Crippen LogP contribution in [-0.2, 0) is 14.3 Å². The van der Waals surface area contributed by atoms with Crippen LogP contribution in [0.3, 0.4) is 0 Å². The van der Waals surface area contributed by atoms with Crippen LogP contribution in [0, 0.1) is 11.3 Å². The van der Waals surface area contributed by atoms with Gasteiger partial charge in [0.1, 0.15) is 0 Å². The van der Waals surface area contributed by atoms with Gasteiger partial charge in [-0.2, -0.15) is 0 Å². The van der Waals surface area contributed by atoms with Crippen molar-refractivity contribution < 1.29 is 19.4 Å². The normalized spacial score (nSPS) is 28.9. The van der Waals surface area contributed by atoms with Gasteiger partial charge in [0.05, 0.1) is 18.4 Å². The summed E-state index contributed by atoms with van der Waals surface area (Å²) in [5.41, 5.74) is -0.314. The summed E-state index contributed by atoms with van der Waals surface area (Å²) in [6.07, 6.45) is 4.13. The molecule has 0 saturated heterocycles. The minimum absolute atomic E-state index is 0.348. The number of hydrogen-bond donors (Lipinski definition) is 1. The molecular weight excluding hydrogens is 256 g/mol. The van der Waals surface area contributed by atoms with Crippen LogP contribution in [0.1, 0.15) is 24.8 Å². The van der Waals surface area contributed by atoms with E-state index in [1.807, 2.05) is 42.5 Å². The molecule has 0 radical (unpaired) electrons. The van der Waals surface area contributed by atoms with E-state index in [4.69, 9.17) is 4.74 Å². The standard InChI is InChI=1S/C16H18O4/c1-16(15(18)19)12(11-7-4-3-5-8-11)9-6-10-13(16)14(17)20-2/h3-9,12-13H,10H2,1-2H3,(H,18,19)/t12-,13+,16+/m1/s1. The van der Waals surface area contributed by atoms with E-state index in [9.17, 15) is 14.7 Å². The van der Waals surface area contributed by atoms with Crippen molar-refractivity contribution in [2.24, 2.45) is 11.3 Å². The molecule has 0 bridgehead atoms. The Bertz CT molecular complexity index is 535.